The van der Waals surface area contributed by atoms with Gasteiger partial charge in [-0.15, -0.1) is 0 Å². The number of hydrogen-bond donors (Lipinski definition) is 1. The highest BCUT2D eigenvalue weighted by molar-refractivity contribution is 5.52. The fourth-order valence-electron chi connectivity index (χ4n) is 2.47. The molecule has 0 saturated heterocycles. The van der Waals surface area contributed by atoms with Gasteiger partial charge in [-0.25, -0.2) is 0 Å². The quantitative estimate of drug-likeness (QED) is 0.868. The lowest BCUT2D eigenvalue weighted by atomic mass is 10.1. The summed E-state index contributed by atoms with van der Waals surface area (Å²) in [6.07, 6.45) is 2.03. The molecule has 1 heterocycles. The zero-order chi connectivity index (χ0) is 14.5. The van der Waals surface area contributed by atoms with Crippen LogP contribution in [0.3, 0.4) is 0 Å². The van der Waals surface area contributed by atoms with Crippen LogP contribution in [0.4, 0.5) is 5.69 Å². The van der Waals surface area contributed by atoms with Crippen molar-refractivity contribution < 1.29 is 9.47 Å². The first-order valence-corrected chi connectivity index (χ1v) is 7.56. The van der Waals surface area contributed by atoms with Gasteiger partial charge in [0.05, 0.1) is 13.2 Å². The Morgan fingerprint density at radius 2 is 2.14 bits per heavy atom. The smallest absolute Gasteiger partial charge is 0.122 e. The molecule has 1 N–H and O–H groups in total. The summed E-state index contributed by atoms with van der Waals surface area (Å²) in [7, 11) is 0. The van der Waals surface area contributed by atoms with E-state index in [1.165, 1.54) is 11.1 Å². The van der Waals surface area contributed by atoms with E-state index in [1.807, 2.05) is 18.2 Å². The van der Waals surface area contributed by atoms with Crippen molar-refractivity contribution in [3.63, 3.8) is 0 Å². The van der Waals surface area contributed by atoms with Crippen molar-refractivity contribution in [1.29, 1.82) is 0 Å². The van der Waals surface area contributed by atoms with Crippen LogP contribution in [-0.4, -0.2) is 13.2 Å². The Bertz CT molecular complexity index is 610. The Labute approximate surface area is 125 Å². The van der Waals surface area contributed by atoms with Gasteiger partial charge >= 0.3 is 0 Å². The van der Waals surface area contributed by atoms with Crippen LogP contribution in [0.15, 0.2) is 42.5 Å². The molecule has 1 aliphatic rings. The highest BCUT2D eigenvalue weighted by Crippen LogP contribution is 2.28. The molecule has 3 rings (SSSR count). The van der Waals surface area contributed by atoms with Crippen LogP contribution in [-0.2, 0) is 13.0 Å². The summed E-state index contributed by atoms with van der Waals surface area (Å²) in [5.74, 6) is 1.97. The number of ether oxygens (including phenoxy) is 2. The molecular formula is C18H21NO2. The van der Waals surface area contributed by atoms with E-state index in [4.69, 9.17) is 9.47 Å². The molecule has 0 spiro atoms. The molecule has 2 aromatic rings. The normalized spacial score (nSPS) is 12.6. The Kier molecular flexibility index (Phi) is 4.29. The molecule has 0 fully saturated rings. The van der Waals surface area contributed by atoms with Crippen LogP contribution in [0.5, 0.6) is 11.5 Å². The maximum absolute atomic E-state index is 5.66. The van der Waals surface area contributed by atoms with Crippen LogP contribution < -0.4 is 14.8 Å². The molecular weight excluding hydrogens is 262 g/mol. The predicted molar refractivity (Wildman–Crippen MR) is 85.2 cm³/mol. The van der Waals surface area contributed by atoms with Crippen molar-refractivity contribution in [2.45, 2.75) is 26.3 Å². The molecule has 110 valence electrons. The maximum Gasteiger partial charge on any atom is 0.122 e. The summed E-state index contributed by atoms with van der Waals surface area (Å²) in [4.78, 5) is 0. The third kappa shape index (κ3) is 3.48. The minimum atomic E-state index is 0.766. The molecule has 2 aromatic carbocycles. The zero-order valence-corrected chi connectivity index (χ0v) is 12.4. The van der Waals surface area contributed by atoms with Gasteiger partial charge in [-0.2, -0.15) is 0 Å². The summed E-state index contributed by atoms with van der Waals surface area (Å²) in [5, 5.41) is 3.46. The third-order valence-corrected chi connectivity index (χ3v) is 3.56. The number of fused-ring (bicyclic) bond motifs is 1. The molecule has 0 radical (unpaired) electrons. The van der Waals surface area contributed by atoms with Crippen molar-refractivity contribution in [2.75, 3.05) is 18.5 Å². The van der Waals surface area contributed by atoms with Gasteiger partial charge in [0.15, 0.2) is 0 Å². The first-order chi connectivity index (χ1) is 10.3. The number of anilines is 1. The van der Waals surface area contributed by atoms with Crippen molar-refractivity contribution in [3.05, 3.63) is 53.6 Å². The van der Waals surface area contributed by atoms with E-state index in [9.17, 15) is 0 Å². The van der Waals surface area contributed by atoms with E-state index in [0.29, 0.717) is 0 Å². The SMILES string of the molecule is CCCOc1cccc(CNc2ccc3c(c2)CCO3)c1. The summed E-state index contributed by atoms with van der Waals surface area (Å²) >= 11 is 0. The lowest BCUT2D eigenvalue weighted by Gasteiger charge is -2.10. The van der Waals surface area contributed by atoms with Crippen molar-refractivity contribution in [2.24, 2.45) is 0 Å². The maximum atomic E-state index is 5.66. The molecule has 21 heavy (non-hydrogen) atoms. The Morgan fingerprint density at radius 3 is 3.05 bits per heavy atom. The monoisotopic (exact) mass is 283 g/mol. The fourth-order valence-corrected chi connectivity index (χ4v) is 2.47. The molecule has 0 amide bonds. The number of hydrogen-bond acceptors (Lipinski definition) is 3. The van der Waals surface area contributed by atoms with Crippen molar-refractivity contribution >= 4 is 5.69 Å². The molecule has 3 nitrogen and oxygen atoms in total. The fraction of sp³-hybridized carbons (Fsp3) is 0.333. The molecule has 0 saturated carbocycles. The zero-order valence-electron chi connectivity index (χ0n) is 12.4. The molecule has 3 heteroatoms. The van der Waals surface area contributed by atoms with Crippen LogP contribution >= 0.6 is 0 Å². The summed E-state index contributed by atoms with van der Waals surface area (Å²) in [5.41, 5.74) is 3.65. The van der Waals surface area contributed by atoms with Crippen molar-refractivity contribution in [3.8, 4) is 11.5 Å². The van der Waals surface area contributed by atoms with Gasteiger partial charge in [0, 0.05) is 18.7 Å². The van der Waals surface area contributed by atoms with Gasteiger partial charge in [0.2, 0.25) is 0 Å². The second-order valence-corrected chi connectivity index (χ2v) is 5.27. The first kappa shape index (κ1) is 13.8. The van der Waals surface area contributed by atoms with Crippen LogP contribution in [0.1, 0.15) is 24.5 Å². The number of nitrogens with one attached hydrogen (secondary N) is 1. The molecule has 0 bridgehead atoms. The van der Waals surface area contributed by atoms with Crippen LogP contribution in [0, 0.1) is 0 Å². The second-order valence-electron chi connectivity index (χ2n) is 5.27. The van der Waals surface area contributed by atoms with Gasteiger partial charge in [-0.1, -0.05) is 19.1 Å². The highest BCUT2D eigenvalue weighted by atomic mass is 16.5. The number of benzene rings is 2. The third-order valence-electron chi connectivity index (χ3n) is 3.56. The number of rotatable bonds is 6. The van der Waals surface area contributed by atoms with E-state index >= 15 is 0 Å². The lowest BCUT2D eigenvalue weighted by Crippen LogP contribution is -2.01. The highest BCUT2D eigenvalue weighted by Gasteiger charge is 2.11. The minimum Gasteiger partial charge on any atom is -0.494 e. The average Bonchev–Trinajstić information content (AvgIpc) is 2.99. The Hall–Kier alpha value is -2.16. The predicted octanol–water partition coefficient (Wildman–Crippen LogP) is 4.02. The lowest BCUT2D eigenvalue weighted by molar-refractivity contribution is 0.317. The first-order valence-electron chi connectivity index (χ1n) is 7.56. The molecule has 0 aromatic heterocycles. The van der Waals surface area contributed by atoms with Gasteiger partial charge in [0.1, 0.15) is 11.5 Å². The summed E-state index contributed by atoms with van der Waals surface area (Å²) < 4.78 is 11.2. The topological polar surface area (TPSA) is 30.5 Å². The summed E-state index contributed by atoms with van der Waals surface area (Å²) in [6.45, 7) is 4.48. The van der Waals surface area contributed by atoms with E-state index in [1.54, 1.807) is 0 Å². The Morgan fingerprint density at radius 1 is 1.19 bits per heavy atom. The van der Waals surface area contributed by atoms with Gasteiger partial charge in [0.25, 0.3) is 0 Å². The largest absolute Gasteiger partial charge is 0.494 e. The summed E-state index contributed by atoms with van der Waals surface area (Å²) in [6, 6.07) is 14.6. The van der Waals surface area contributed by atoms with Gasteiger partial charge < -0.3 is 14.8 Å². The molecule has 0 unspecified atom stereocenters. The van der Waals surface area contributed by atoms with E-state index in [2.05, 4.69) is 36.5 Å². The second kappa shape index (κ2) is 6.53. The van der Waals surface area contributed by atoms with Gasteiger partial charge in [-0.05, 0) is 47.9 Å². The average molecular weight is 283 g/mol. The van der Waals surface area contributed by atoms with E-state index < -0.39 is 0 Å². The van der Waals surface area contributed by atoms with Crippen LogP contribution in [0.25, 0.3) is 0 Å². The van der Waals surface area contributed by atoms with E-state index in [0.717, 1.165) is 49.8 Å². The Balaban J connectivity index is 1.62. The van der Waals surface area contributed by atoms with Gasteiger partial charge in [-0.3, -0.25) is 0 Å². The van der Waals surface area contributed by atoms with Crippen molar-refractivity contribution in [1.82, 2.24) is 0 Å². The standard InChI is InChI=1S/C18H21NO2/c1-2-9-20-17-5-3-4-14(11-17)13-19-16-6-7-18-15(12-16)8-10-21-18/h3-7,11-12,19H,2,8-10,13H2,1H3. The molecule has 0 aliphatic carbocycles. The van der Waals surface area contributed by atoms with E-state index in [-0.39, 0.29) is 0 Å². The molecule has 1 aliphatic heterocycles. The molecule has 0 atom stereocenters. The minimum absolute atomic E-state index is 0.766. The van der Waals surface area contributed by atoms with Crippen LogP contribution in [0.2, 0.25) is 0 Å².